The zero-order chi connectivity index (χ0) is 16.9. The third kappa shape index (κ3) is 3.96. The molecule has 1 N–H and O–H groups in total. The summed E-state index contributed by atoms with van der Waals surface area (Å²) >= 11 is 1.61. The van der Waals surface area contributed by atoms with Gasteiger partial charge in [-0.25, -0.2) is 4.98 Å². The van der Waals surface area contributed by atoms with E-state index in [4.69, 9.17) is 4.74 Å². The van der Waals surface area contributed by atoms with Crippen molar-refractivity contribution in [3.05, 3.63) is 40.4 Å². The van der Waals surface area contributed by atoms with Crippen LogP contribution in [0.25, 0.3) is 0 Å². The summed E-state index contributed by atoms with van der Waals surface area (Å²) < 4.78 is 5.75. The summed E-state index contributed by atoms with van der Waals surface area (Å²) in [6.07, 6.45) is 5.31. The zero-order valence-corrected chi connectivity index (χ0v) is 15.1. The molecule has 128 valence electrons. The quantitative estimate of drug-likeness (QED) is 0.773. The highest BCUT2D eigenvalue weighted by atomic mass is 32.1. The molecule has 1 aliphatic carbocycles. The van der Waals surface area contributed by atoms with Crippen LogP contribution in [0.4, 0.5) is 5.13 Å². The van der Waals surface area contributed by atoms with Gasteiger partial charge in [0.1, 0.15) is 5.75 Å². The van der Waals surface area contributed by atoms with Crippen molar-refractivity contribution in [3.63, 3.8) is 0 Å². The number of benzene rings is 1. The number of amides is 1. The van der Waals surface area contributed by atoms with Crippen LogP contribution in [0.2, 0.25) is 0 Å². The Morgan fingerprint density at radius 1 is 1.42 bits per heavy atom. The Morgan fingerprint density at radius 3 is 3.08 bits per heavy atom. The van der Waals surface area contributed by atoms with Crippen molar-refractivity contribution in [2.24, 2.45) is 5.92 Å². The normalized spacial score (nSPS) is 16.5. The van der Waals surface area contributed by atoms with Gasteiger partial charge in [0.05, 0.1) is 17.9 Å². The van der Waals surface area contributed by atoms with Crippen molar-refractivity contribution in [2.75, 3.05) is 11.9 Å². The monoisotopic (exact) mass is 344 g/mol. The summed E-state index contributed by atoms with van der Waals surface area (Å²) in [5.74, 6) is 1.19. The molecule has 0 fully saturated rings. The Balaban J connectivity index is 1.71. The predicted octanol–water partition coefficient (Wildman–Crippen LogP) is 4.70. The van der Waals surface area contributed by atoms with E-state index in [2.05, 4.69) is 24.1 Å². The van der Waals surface area contributed by atoms with Crippen molar-refractivity contribution in [1.29, 1.82) is 0 Å². The lowest BCUT2D eigenvalue weighted by Crippen LogP contribution is -2.14. The summed E-state index contributed by atoms with van der Waals surface area (Å²) in [5, 5.41) is 3.65. The van der Waals surface area contributed by atoms with E-state index in [9.17, 15) is 4.79 Å². The molecule has 5 heteroatoms. The van der Waals surface area contributed by atoms with Crippen LogP contribution >= 0.6 is 11.3 Å². The molecular formula is C19H24N2O2S. The highest BCUT2D eigenvalue weighted by Gasteiger charge is 2.21. The molecule has 1 heterocycles. The number of para-hydroxylation sites is 1. The van der Waals surface area contributed by atoms with Crippen LogP contribution in [0.5, 0.6) is 5.75 Å². The SMILES string of the molecule is CCCCOc1ccccc1C(=O)Nc1nc2c(s1)C[C@H](C)CC2. The lowest BCUT2D eigenvalue weighted by atomic mass is 9.93. The minimum Gasteiger partial charge on any atom is -0.493 e. The maximum absolute atomic E-state index is 12.6. The minimum atomic E-state index is -0.152. The number of fused-ring (bicyclic) bond motifs is 1. The van der Waals surface area contributed by atoms with Gasteiger partial charge < -0.3 is 4.74 Å². The lowest BCUT2D eigenvalue weighted by molar-refractivity contribution is 0.102. The van der Waals surface area contributed by atoms with Gasteiger partial charge in [0.15, 0.2) is 5.13 Å². The number of thiazole rings is 1. The third-order valence-electron chi connectivity index (χ3n) is 4.29. The Kier molecular flexibility index (Phi) is 5.51. The first-order valence-electron chi connectivity index (χ1n) is 8.69. The van der Waals surface area contributed by atoms with Gasteiger partial charge in [0.2, 0.25) is 0 Å². The molecule has 4 nitrogen and oxygen atoms in total. The van der Waals surface area contributed by atoms with Crippen LogP contribution in [0.1, 0.15) is 54.0 Å². The summed E-state index contributed by atoms with van der Waals surface area (Å²) in [4.78, 5) is 18.5. The van der Waals surface area contributed by atoms with Crippen molar-refractivity contribution < 1.29 is 9.53 Å². The molecule has 3 rings (SSSR count). The van der Waals surface area contributed by atoms with Crippen LogP contribution in [0.3, 0.4) is 0 Å². The standard InChI is InChI=1S/C19H24N2O2S/c1-3-4-11-23-16-8-6-5-7-14(16)18(22)21-19-20-15-10-9-13(2)12-17(15)24-19/h5-8,13H,3-4,9-12H2,1-2H3,(H,20,21,22)/t13-/m1/s1. The van der Waals surface area contributed by atoms with Crippen LogP contribution < -0.4 is 10.1 Å². The number of aromatic nitrogens is 1. The molecule has 0 radical (unpaired) electrons. The number of rotatable bonds is 6. The molecule has 1 aromatic carbocycles. The van der Waals surface area contributed by atoms with Crippen LogP contribution in [-0.4, -0.2) is 17.5 Å². The minimum absolute atomic E-state index is 0.152. The van der Waals surface area contributed by atoms with Crippen LogP contribution in [0, 0.1) is 5.92 Å². The average molecular weight is 344 g/mol. The predicted molar refractivity (Wildman–Crippen MR) is 98.1 cm³/mol. The van der Waals surface area contributed by atoms with Gasteiger partial charge in [-0.2, -0.15) is 0 Å². The number of carbonyl (C=O) groups excluding carboxylic acids is 1. The van der Waals surface area contributed by atoms with Crippen molar-refractivity contribution in [1.82, 2.24) is 4.98 Å². The van der Waals surface area contributed by atoms with E-state index in [1.54, 1.807) is 17.4 Å². The van der Waals surface area contributed by atoms with Crippen LogP contribution in [0.15, 0.2) is 24.3 Å². The maximum atomic E-state index is 12.6. The number of nitrogens with one attached hydrogen (secondary N) is 1. The number of hydrogen-bond acceptors (Lipinski definition) is 4. The van der Waals surface area contributed by atoms with Crippen LogP contribution in [-0.2, 0) is 12.8 Å². The fraction of sp³-hybridized carbons (Fsp3) is 0.474. The van der Waals surface area contributed by atoms with E-state index in [1.807, 2.05) is 18.2 Å². The van der Waals surface area contributed by atoms with Gasteiger partial charge >= 0.3 is 0 Å². The lowest BCUT2D eigenvalue weighted by Gasteiger charge is -2.15. The van der Waals surface area contributed by atoms with Gasteiger partial charge in [-0.3, -0.25) is 10.1 Å². The number of carbonyl (C=O) groups is 1. The maximum Gasteiger partial charge on any atom is 0.261 e. The van der Waals surface area contributed by atoms with Gasteiger partial charge in [0, 0.05) is 4.88 Å². The molecule has 1 aliphatic rings. The Bertz CT molecular complexity index is 711. The molecular weight excluding hydrogens is 320 g/mol. The van der Waals surface area contributed by atoms with E-state index in [0.717, 1.165) is 31.4 Å². The van der Waals surface area contributed by atoms with E-state index in [1.165, 1.54) is 11.3 Å². The van der Waals surface area contributed by atoms with Crippen molar-refractivity contribution in [3.8, 4) is 5.75 Å². The van der Waals surface area contributed by atoms with E-state index in [0.29, 0.717) is 29.0 Å². The molecule has 1 amide bonds. The molecule has 24 heavy (non-hydrogen) atoms. The second kappa shape index (κ2) is 7.79. The number of hydrogen-bond donors (Lipinski definition) is 1. The molecule has 1 aromatic heterocycles. The molecule has 0 bridgehead atoms. The smallest absolute Gasteiger partial charge is 0.261 e. The van der Waals surface area contributed by atoms with E-state index in [-0.39, 0.29) is 5.91 Å². The number of unbranched alkanes of at least 4 members (excludes halogenated alkanes) is 1. The van der Waals surface area contributed by atoms with Crippen molar-refractivity contribution >= 4 is 22.4 Å². The average Bonchev–Trinajstić information content (AvgIpc) is 2.96. The molecule has 0 aliphatic heterocycles. The number of ether oxygens (including phenoxy) is 1. The van der Waals surface area contributed by atoms with Gasteiger partial charge in [-0.05, 0) is 43.7 Å². The summed E-state index contributed by atoms with van der Waals surface area (Å²) in [5.41, 5.74) is 1.72. The Labute approximate surface area is 147 Å². The van der Waals surface area contributed by atoms with E-state index >= 15 is 0 Å². The number of anilines is 1. The largest absolute Gasteiger partial charge is 0.493 e. The first-order valence-corrected chi connectivity index (χ1v) is 9.50. The molecule has 2 aromatic rings. The van der Waals surface area contributed by atoms with Crippen molar-refractivity contribution in [2.45, 2.75) is 46.0 Å². The second-order valence-electron chi connectivity index (χ2n) is 6.39. The third-order valence-corrected chi connectivity index (χ3v) is 5.33. The Hall–Kier alpha value is -1.88. The van der Waals surface area contributed by atoms with Gasteiger partial charge in [-0.1, -0.05) is 32.4 Å². The number of nitrogens with zero attached hydrogens (tertiary/aromatic N) is 1. The first kappa shape index (κ1) is 17.0. The summed E-state index contributed by atoms with van der Waals surface area (Å²) in [6, 6.07) is 7.39. The fourth-order valence-electron chi connectivity index (χ4n) is 2.86. The summed E-state index contributed by atoms with van der Waals surface area (Å²) in [7, 11) is 0. The van der Waals surface area contributed by atoms with E-state index < -0.39 is 0 Å². The summed E-state index contributed by atoms with van der Waals surface area (Å²) in [6.45, 7) is 5.02. The molecule has 0 spiro atoms. The second-order valence-corrected chi connectivity index (χ2v) is 7.47. The highest BCUT2D eigenvalue weighted by Crippen LogP contribution is 2.32. The molecule has 0 saturated heterocycles. The Morgan fingerprint density at radius 2 is 2.25 bits per heavy atom. The van der Waals surface area contributed by atoms with Gasteiger partial charge in [-0.15, -0.1) is 11.3 Å². The highest BCUT2D eigenvalue weighted by molar-refractivity contribution is 7.15. The molecule has 0 unspecified atom stereocenters. The number of aryl methyl sites for hydroxylation is 1. The fourth-order valence-corrected chi connectivity index (χ4v) is 4.03. The van der Waals surface area contributed by atoms with Gasteiger partial charge in [0.25, 0.3) is 5.91 Å². The topological polar surface area (TPSA) is 51.2 Å². The zero-order valence-electron chi connectivity index (χ0n) is 14.3. The first-order chi connectivity index (χ1) is 11.7. The molecule has 1 atom stereocenters. The molecule has 0 saturated carbocycles.